The number of hydrogen-bond donors (Lipinski definition) is 5. The Morgan fingerprint density at radius 2 is 2.00 bits per heavy atom. The van der Waals surface area contributed by atoms with Crippen molar-refractivity contribution in [2.45, 2.75) is 60.6 Å². The highest BCUT2D eigenvalue weighted by molar-refractivity contribution is 7.99. The Bertz CT molecular complexity index is 933. The van der Waals surface area contributed by atoms with Gasteiger partial charge in [0.05, 0.1) is 12.9 Å². The molecule has 1 saturated carbocycles. The van der Waals surface area contributed by atoms with E-state index in [4.69, 9.17) is 20.3 Å². The van der Waals surface area contributed by atoms with Crippen molar-refractivity contribution < 1.29 is 33.8 Å². The van der Waals surface area contributed by atoms with Crippen LogP contribution in [0.3, 0.4) is 0 Å². The molecule has 0 amide bonds. The SMILES string of the molecule is Nc1nc(SC2CCCC2)nc2c1ncn2[C@@H]1O[C@H](COP(=O)(O)O)[C@@H](O)[C@H]1O. The molecule has 160 valence electrons. The quantitative estimate of drug-likeness (QED) is 0.299. The summed E-state index contributed by atoms with van der Waals surface area (Å²) >= 11 is 1.54. The first-order valence-electron chi connectivity index (χ1n) is 9.11. The van der Waals surface area contributed by atoms with Gasteiger partial charge in [-0.3, -0.25) is 9.09 Å². The number of imidazole rings is 1. The molecule has 12 nitrogen and oxygen atoms in total. The standard InChI is InChI=1S/C15H22N5O7PS/c16-12-9-13(19-15(18-12)29-7-3-1-2-4-7)20(6-17-9)14-11(22)10(21)8(27-14)5-26-28(23,24)25/h6-8,10-11,14,21-22H,1-5H2,(H2,16,18,19)(H2,23,24,25)/t8-,10-,11-,14-/m1/s1. The Hall–Kier alpha value is -1.31. The van der Waals surface area contributed by atoms with Crippen molar-refractivity contribution in [3.63, 3.8) is 0 Å². The van der Waals surface area contributed by atoms with E-state index in [9.17, 15) is 14.8 Å². The fraction of sp³-hybridized carbons (Fsp3) is 0.667. The molecular weight excluding hydrogens is 425 g/mol. The topological polar surface area (TPSA) is 186 Å². The van der Waals surface area contributed by atoms with Crippen LogP contribution in [-0.4, -0.2) is 69.7 Å². The highest BCUT2D eigenvalue weighted by atomic mass is 32.2. The summed E-state index contributed by atoms with van der Waals surface area (Å²) in [7, 11) is -4.74. The predicted octanol–water partition coefficient (Wildman–Crippen LogP) is 0.172. The Labute approximate surface area is 169 Å². The van der Waals surface area contributed by atoms with Gasteiger partial charge in [0.25, 0.3) is 0 Å². The van der Waals surface area contributed by atoms with E-state index in [-0.39, 0.29) is 5.82 Å². The molecule has 4 atom stereocenters. The van der Waals surface area contributed by atoms with Gasteiger partial charge >= 0.3 is 7.82 Å². The molecule has 6 N–H and O–H groups in total. The number of aliphatic hydroxyl groups is 2. The molecule has 1 saturated heterocycles. The summed E-state index contributed by atoms with van der Waals surface area (Å²) in [6, 6.07) is 0. The van der Waals surface area contributed by atoms with Gasteiger partial charge in [0, 0.05) is 5.25 Å². The molecule has 2 aromatic heterocycles. The van der Waals surface area contributed by atoms with Crippen molar-refractivity contribution in [1.29, 1.82) is 0 Å². The van der Waals surface area contributed by atoms with Crippen LogP contribution < -0.4 is 5.73 Å². The molecule has 0 radical (unpaired) electrons. The number of rotatable bonds is 6. The van der Waals surface area contributed by atoms with Gasteiger partial charge in [0.15, 0.2) is 22.8 Å². The van der Waals surface area contributed by atoms with Crippen LogP contribution in [0.2, 0.25) is 0 Å². The number of nitrogens with two attached hydrogens (primary N) is 1. The third-order valence-electron chi connectivity index (χ3n) is 5.02. The highest BCUT2D eigenvalue weighted by Gasteiger charge is 2.45. The molecule has 3 heterocycles. The van der Waals surface area contributed by atoms with Gasteiger partial charge in [-0.05, 0) is 12.8 Å². The average Bonchev–Trinajstić information content (AvgIpc) is 3.35. The zero-order chi connectivity index (χ0) is 20.8. The zero-order valence-electron chi connectivity index (χ0n) is 15.2. The van der Waals surface area contributed by atoms with Crippen LogP contribution >= 0.6 is 19.6 Å². The Morgan fingerprint density at radius 1 is 1.28 bits per heavy atom. The summed E-state index contributed by atoms with van der Waals surface area (Å²) in [5.41, 5.74) is 6.70. The maximum absolute atomic E-state index is 10.9. The lowest BCUT2D eigenvalue weighted by Gasteiger charge is -2.17. The number of fused-ring (bicyclic) bond motifs is 1. The summed E-state index contributed by atoms with van der Waals surface area (Å²) in [6.45, 7) is -0.592. The van der Waals surface area contributed by atoms with Crippen molar-refractivity contribution in [1.82, 2.24) is 19.5 Å². The third-order valence-corrected chi connectivity index (χ3v) is 6.70. The van der Waals surface area contributed by atoms with Crippen LogP contribution in [0.4, 0.5) is 5.82 Å². The van der Waals surface area contributed by atoms with Crippen LogP contribution in [0.15, 0.2) is 11.5 Å². The zero-order valence-corrected chi connectivity index (χ0v) is 16.9. The number of ether oxygens (including phenoxy) is 1. The van der Waals surface area contributed by atoms with Gasteiger partial charge in [-0.1, -0.05) is 24.6 Å². The molecule has 0 aromatic carbocycles. The summed E-state index contributed by atoms with van der Waals surface area (Å²) in [6.07, 6.45) is 0.844. The first kappa shape index (κ1) is 20.9. The number of phosphoric acid groups is 1. The first-order valence-corrected chi connectivity index (χ1v) is 11.5. The van der Waals surface area contributed by atoms with E-state index < -0.39 is 39.0 Å². The lowest BCUT2D eigenvalue weighted by Crippen LogP contribution is -2.33. The molecule has 0 spiro atoms. The normalized spacial score (nSPS) is 28.6. The fourth-order valence-electron chi connectivity index (χ4n) is 3.58. The molecule has 0 bridgehead atoms. The van der Waals surface area contributed by atoms with E-state index in [1.165, 1.54) is 23.7 Å². The van der Waals surface area contributed by atoms with E-state index in [0.717, 1.165) is 12.8 Å². The van der Waals surface area contributed by atoms with E-state index >= 15 is 0 Å². The Balaban J connectivity index is 1.59. The van der Waals surface area contributed by atoms with Crippen LogP contribution in [0, 0.1) is 0 Å². The van der Waals surface area contributed by atoms with Crippen molar-refractivity contribution in [3.8, 4) is 0 Å². The number of aromatic nitrogens is 4. The minimum Gasteiger partial charge on any atom is -0.387 e. The molecule has 2 fully saturated rings. The number of phosphoric ester groups is 1. The van der Waals surface area contributed by atoms with Crippen LogP contribution in [0.5, 0.6) is 0 Å². The van der Waals surface area contributed by atoms with Crippen molar-refractivity contribution in [2.24, 2.45) is 0 Å². The summed E-state index contributed by atoms with van der Waals surface area (Å²) in [4.78, 5) is 30.7. The summed E-state index contributed by atoms with van der Waals surface area (Å²) < 4.78 is 22.3. The molecule has 29 heavy (non-hydrogen) atoms. The number of hydrogen-bond acceptors (Lipinski definition) is 10. The second-order valence-corrected chi connectivity index (χ2v) is 9.58. The minimum atomic E-state index is -4.74. The second-order valence-electron chi connectivity index (χ2n) is 7.07. The van der Waals surface area contributed by atoms with Crippen LogP contribution in [0.1, 0.15) is 31.9 Å². The van der Waals surface area contributed by atoms with E-state index in [1.54, 1.807) is 11.8 Å². The van der Waals surface area contributed by atoms with E-state index in [2.05, 4.69) is 19.5 Å². The monoisotopic (exact) mass is 447 g/mol. The number of nitrogens with zero attached hydrogens (tertiary/aromatic N) is 4. The third kappa shape index (κ3) is 4.42. The number of aliphatic hydroxyl groups excluding tert-OH is 2. The summed E-state index contributed by atoms with van der Waals surface area (Å²) in [5.74, 6) is 0.198. The largest absolute Gasteiger partial charge is 0.469 e. The van der Waals surface area contributed by atoms with E-state index in [1.807, 2.05) is 0 Å². The smallest absolute Gasteiger partial charge is 0.387 e. The van der Waals surface area contributed by atoms with Gasteiger partial charge in [0.1, 0.15) is 23.8 Å². The van der Waals surface area contributed by atoms with Crippen molar-refractivity contribution in [3.05, 3.63) is 6.33 Å². The second kappa shape index (κ2) is 8.08. The van der Waals surface area contributed by atoms with Gasteiger partial charge in [0.2, 0.25) is 0 Å². The van der Waals surface area contributed by atoms with Crippen molar-refractivity contribution in [2.75, 3.05) is 12.3 Å². The first-order chi connectivity index (χ1) is 13.7. The van der Waals surface area contributed by atoms with Crippen molar-refractivity contribution >= 4 is 36.6 Å². The number of nitrogen functional groups attached to an aromatic ring is 1. The van der Waals surface area contributed by atoms with Gasteiger partial charge < -0.3 is 30.5 Å². The average molecular weight is 447 g/mol. The Kier molecular flexibility index (Phi) is 5.84. The molecule has 14 heteroatoms. The van der Waals surface area contributed by atoms with E-state index in [0.29, 0.717) is 21.6 Å². The molecule has 2 aromatic rings. The lowest BCUT2D eigenvalue weighted by atomic mass is 10.1. The van der Waals surface area contributed by atoms with Gasteiger partial charge in [-0.25, -0.2) is 19.5 Å². The maximum Gasteiger partial charge on any atom is 0.469 e. The summed E-state index contributed by atoms with van der Waals surface area (Å²) in [5, 5.41) is 21.5. The lowest BCUT2D eigenvalue weighted by molar-refractivity contribution is -0.0504. The fourth-order valence-corrected chi connectivity index (χ4v) is 5.08. The number of anilines is 1. The van der Waals surface area contributed by atoms with Crippen LogP contribution in [-0.2, 0) is 13.8 Å². The van der Waals surface area contributed by atoms with Gasteiger partial charge in [-0.15, -0.1) is 0 Å². The molecular formula is C15H22N5O7PS. The predicted molar refractivity (Wildman–Crippen MR) is 102 cm³/mol. The molecule has 2 aliphatic rings. The minimum absolute atomic E-state index is 0.198. The Morgan fingerprint density at radius 3 is 2.69 bits per heavy atom. The molecule has 4 rings (SSSR count). The maximum atomic E-state index is 10.9. The van der Waals surface area contributed by atoms with Crippen LogP contribution in [0.25, 0.3) is 11.2 Å². The number of thioether (sulfide) groups is 1. The van der Waals surface area contributed by atoms with Gasteiger partial charge in [-0.2, -0.15) is 0 Å². The molecule has 0 unspecified atom stereocenters. The molecule has 1 aliphatic heterocycles. The highest BCUT2D eigenvalue weighted by Crippen LogP contribution is 2.39. The molecule has 1 aliphatic carbocycles.